The molecule has 0 aromatic carbocycles. The second-order valence-electron chi connectivity index (χ2n) is 3.66. The maximum Gasteiger partial charge on any atom is 0.508 e. The van der Waals surface area contributed by atoms with Gasteiger partial charge in [-0.25, -0.2) is 31.1 Å². The quantitative estimate of drug-likeness (QED) is 0.506. The Balaban J connectivity index is 4.06. The second-order valence-corrected chi connectivity index (χ2v) is 3.66. The molecule has 0 fully saturated rings. The van der Waals surface area contributed by atoms with Crippen LogP contribution in [0.3, 0.4) is 0 Å². The molecular formula is C9H12F6O3. The Kier molecular flexibility index (Phi) is 6.85. The van der Waals surface area contributed by atoms with E-state index in [1.54, 1.807) is 0 Å². The molecule has 0 aliphatic rings. The Morgan fingerprint density at radius 1 is 0.778 bits per heavy atom. The molecule has 0 heterocycles. The number of rotatable bonds is 8. The molecule has 0 atom stereocenters. The van der Waals surface area contributed by atoms with Crippen LogP contribution < -0.4 is 0 Å². The van der Waals surface area contributed by atoms with Gasteiger partial charge in [-0.05, 0) is 0 Å². The normalized spacial score (nSPS) is 12.3. The summed E-state index contributed by atoms with van der Waals surface area (Å²) in [5.74, 6) is 0. The molecule has 0 aliphatic heterocycles. The lowest BCUT2D eigenvalue weighted by Gasteiger charge is -2.19. The molecule has 0 saturated carbocycles. The van der Waals surface area contributed by atoms with Crippen molar-refractivity contribution in [1.29, 1.82) is 0 Å². The Labute approximate surface area is 99.0 Å². The highest BCUT2D eigenvalue weighted by molar-refractivity contribution is 5.60. The van der Waals surface area contributed by atoms with Crippen molar-refractivity contribution in [2.75, 3.05) is 39.9 Å². The van der Waals surface area contributed by atoms with Crippen molar-refractivity contribution in [1.82, 2.24) is 0 Å². The van der Waals surface area contributed by atoms with Crippen molar-refractivity contribution in [2.45, 2.75) is 11.3 Å². The topological polar surface area (TPSA) is 35.5 Å². The maximum atomic E-state index is 12.9. The number of hydrogen-bond acceptors (Lipinski definition) is 3. The van der Waals surface area contributed by atoms with Gasteiger partial charge in [-0.2, -0.15) is 0 Å². The lowest BCUT2D eigenvalue weighted by Crippen LogP contribution is -2.38. The van der Waals surface area contributed by atoms with Crippen molar-refractivity contribution in [3.8, 4) is 0 Å². The third-order valence-electron chi connectivity index (χ3n) is 1.86. The highest BCUT2D eigenvalue weighted by Crippen LogP contribution is 2.16. The molecule has 0 bridgehead atoms. The number of carbonyl (C=O) groups is 1. The van der Waals surface area contributed by atoms with Gasteiger partial charge in [0.15, 0.2) is 0 Å². The summed E-state index contributed by atoms with van der Waals surface area (Å²) >= 11 is 0. The molecule has 0 amide bonds. The van der Waals surface area contributed by atoms with Crippen molar-refractivity contribution in [2.24, 2.45) is 0 Å². The van der Waals surface area contributed by atoms with E-state index in [4.69, 9.17) is 0 Å². The van der Waals surface area contributed by atoms with Crippen molar-refractivity contribution >= 4 is 6.16 Å². The summed E-state index contributed by atoms with van der Waals surface area (Å²) in [5.41, 5.74) is -6.02. The summed E-state index contributed by atoms with van der Waals surface area (Å²) in [4.78, 5) is 10.7. The van der Waals surface area contributed by atoms with Gasteiger partial charge in [-0.3, -0.25) is 0 Å². The van der Waals surface area contributed by atoms with Crippen molar-refractivity contribution < 1.29 is 40.6 Å². The average molecular weight is 282 g/mol. The van der Waals surface area contributed by atoms with E-state index in [0.29, 0.717) is 0 Å². The summed E-state index contributed by atoms with van der Waals surface area (Å²) in [5, 5.41) is 0. The zero-order valence-corrected chi connectivity index (χ0v) is 9.24. The minimum absolute atomic E-state index is 1.29. The number of carbonyl (C=O) groups excluding carboxylic acids is 1. The van der Waals surface area contributed by atoms with Crippen LogP contribution in [-0.2, 0) is 9.47 Å². The maximum absolute atomic E-state index is 12.9. The summed E-state index contributed by atoms with van der Waals surface area (Å²) < 4.78 is 81.7. The molecule has 0 radical (unpaired) electrons. The van der Waals surface area contributed by atoms with Gasteiger partial charge in [0, 0.05) is 0 Å². The first-order valence-corrected chi connectivity index (χ1v) is 4.76. The average Bonchev–Trinajstić information content (AvgIpc) is 2.42. The van der Waals surface area contributed by atoms with Crippen LogP contribution in [0.15, 0.2) is 0 Å². The fraction of sp³-hybridized carbons (Fsp3) is 0.889. The zero-order chi connectivity index (χ0) is 14.2. The molecule has 0 aliphatic carbocycles. The Morgan fingerprint density at radius 2 is 1.06 bits per heavy atom. The fourth-order valence-corrected chi connectivity index (χ4v) is 0.644. The Hall–Kier alpha value is -1.15. The predicted octanol–water partition coefficient (Wildman–Crippen LogP) is 2.43. The largest absolute Gasteiger partial charge is 0.508 e. The summed E-state index contributed by atoms with van der Waals surface area (Å²) in [6.45, 7) is -9.53. The molecule has 0 rings (SSSR count). The molecule has 0 N–H and O–H groups in total. The highest BCUT2D eigenvalue weighted by Gasteiger charge is 2.35. The first-order valence-electron chi connectivity index (χ1n) is 4.76. The second kappa shape index (κ2) is 7.32. The third-order valence-corrected chi connectivity index (χ3v) is 1.86. The van der Waals surface area contributed by atoms with Crippen LogP contribution in [0.25, 0.3) is 0 Å². The third kappa shape index (κ3) is 5.46. The summed E-state index contributed by atoms with van der Waals surface area (Å²) in [6.07, 6.45) is -1.68. The van der Waals surface area contributed by atoms with Crippen LogP contribution in [0.5, 0.6) is 0 Å². The first-order chi connectivity index (χ1) is 8.34. The van der Waals surface area contributed by atoms with Crippen LogP contribution in [0, 0.1) is 0 Å². The van der Waals surface area contributed by atoms with E-state index in [1.165, 1.54) is 0 Å². The minimum Gasteiger partial charge on any atom is -0.431 e. The molecule has 0 aromatic heterocycles. The minimum atomic E-state index is -3.01. The Morgan fingerprint density at radius 3 is 1.28 bits per heavy atom. The van der Waals surface area contributed by atoms with Gasteiger partial charge < -0.3 is 9.47 Å². The molecule has 3 nitrogen and oxygen atoms in total. The SMILES string of the molecule is O=C(OCC(F)(CF)CF)OCC(F)(CF)CF. The van der Waals surface area contributed by atoms with E-state index < -0.39 is 57.4 Å². The van der Waals surface area contributed by atoms with E-state index >= 15 is 0 Å². The number of hydrogen-bond donors (Lipinski definition) is 0. The molecular weight excluding hydrogens is 270 g/mol. The van der Waals surface area contributed by atoms with Gasteiger partial charge >= 0.3 is 6.16 Å². The summed E-state index contributed by atoms with van der Waals surface area (Å²) in [7, 11) is 0. The van der Waals surface area contributed by atoms with Gasteiger partial charge in [0.25, 0.3) is 0 Å². The van der Waals surface area contributed by atoms with Crippen LogP contribution in [-0.4, -0.2) is 57.4 Å². The van der Waals surface area contributed by atoms with Crippen LogP contribution >= 0.6 is 0 Å². The standard InChI is InChI=1S/C9H12F6O3/c10-1-8(14,2-11)5-17-7(16)18-6-9(15,3-12)4-13/h1-6H2. The number of alkyl halides is 6. The van der Waals surface area contributed by atoms with E-state index in [9.17, 15) is 31.1 Å². The molecule has 0 unspecified atom stereocenters. The smallest absolute Gasteiger partial charge is 0.431 e. The van der Waals surface area contributed by atoms with E-state index in [1.807, 2.05) is 0 Å². The van der Waals surface area contributed by atoms with Gasteiger partial charge in [-0.1, -0.05) is 0 Å². The van der Waals surface area contributed by atoms with Crippen molar-refractivity contribution in [3.05, 3.63) is 0 Å². The lowest BCUT2D eigenvalue weighted by molar-refractivity contribution is -0.0402. The molecule has 108 valence electrons. The zero-order valence-electron chi connectivity index (χ0n) is 9.24. The van der Waals surface area contributed by atoms with Crippen LogP contribution in [0.4, 0.5) is 31.1 Å². The van der Waals surface area contributed by atoms with Crippen LogP contribution in [0.1, 0.15) is 0 Å². The molecule has 0 aromatic rings. The van der Waals surface area contributed by atoms with E-state index in [-0.39, 0.29) is 0 Å². The number of ether oxygens (including phenoxy) is 2. The van der Waals surface area contributed by atoms with Crippen LogP contribution in [0.2, 0.25) is 0 Å². The molecule has 18 heavy (non-hydrogen) atoms. The number of halogens is 6. The lowest BCUT2D eigenvalue weighted by atomic mass is 10.2. The van der Waals surface area contributed by atoms with Crippen molar-refractivity contribution in [3.63, 3.8) is 0 Å². The van der Waals surface area contributed by atoms with Gasteiger partial charge in [-0.15, -0.1) is 0 Å². The highest BCUT2D eigenvalue weighted by atomic mass is 19.2. The van der Waals surface area contributed by atoms with E-state index in [2.05, 4.69) is 9.47 Å². The summed E-state index contributed by atoms with van der Waals surface area (Å²) in [6, 6.07) is 0. The first kappa shape index (κ1) is 16.9. The van der Waals surface area contributed by atoms with Gasteiger partial charge in [0.2, 0.25) is 11.3 Å². The molecule has 9 heteroatoms. The van der Waals surface area contributed by atoms with Gasteiger partial charge in [0.1, 0.15) is 39.9 Å². The predicted molar refractivity (Wildman–Crippen MR) is 48.9 cm³/mol. The molecule has 0 saturated heterocycles. The molecule has 0 spiro atoms. The monoisotopic (exact) mass is 282 g/mol. The van der Waals surface area contributed by atoms with Gasteiger partial charge in [0.05, 0.1) is 0 Å². The Bertz CT molecular complexity index is 231. The van der Waals surface area contributed by atoms with E-state index in [0.717, 1.165) is 0 Å². The fourth-order valence-electron chi connectivity index (χ4n) is 0.644.